The van der Waals surface area contributed by atoms with Crippen molar-refractivity contribution in [3.05, 3.63) is 29.8 Å². The molecule has 2 rings (SSSR count). The van der Waals surface area contributed by atoms with E-state index >= 15 is 0 Å². The summed E-state index contributed by atoms with van der Waals surface area (Å²) in [7, 11) is 1.70. The maximum Gasteiger partial charge on any atom is 0.220 e. The van der Waals surface area contributed by atoms with Crippen molar-refractivity contribution in [1.82, 2.24) is 15.5 Å². The van der Waals surface area contributed by atoms with Gasteiger partial charge in [-0.05, 0) is 44.7 Å². The van der Waals surface area contributed by atoms with Crippen molar-refractivity contribution in [3.8, 4) is 5.75 Å². The molecule has 1 amide bonds. The summed E-state index contributed by atoms with van der Waals surface area (Å²) < 4.78 is 5.77. The Hall–Kier alpha value is -1.51. The zero-order valence-electron chi connectivity index (χ0n) is 17.4. The number of carbonyl (C=O) groups is 1. The molecule has 0 saturated carbocycles. The van der Waals surface area contributed by atoms with E-state index < -0.39 is 0 Å². The molecule has 1 heterocycles. The number of likely N-dealkylation sites (tertiary alicyclic amines) is 1. The van der Waals surface area contributed by atoms with Crippen LogP contribution in [0.3, 0.4) is 0 Å². The first-order chi connectivity index (χ1) is 13.1. The number of guanidine groups is 1. The molecule has 1 aliphatic rings. The Bertz CT molecular complexity index is 599. The van der Waals surface area contributed by atoms with Crippen LogP contribution in [-0.2, 0) is 4.79 Å². The van der Waals surface area contributed by atoms with E-state index in [0.29, 0.717) is 18.9 Å². The standard InChI is InChI=1S/C21H34N4O2.HI/c1-4-23-21(25-13-10-18(11-14-25)16-20(26)22-3)24-12-5-15-27-19-8-6-17(2)7-9-19;/h6-9,18H,4-5,10-16H2,1-3H3,(H,22,26)(H,23,24);1H. The molecule has 0 aromatic heterocycles. The third kappa shape index (κ3) is 8.67. The summed E-state index contributed by atoms with van der Waals surface area (Å²) in [5.41, 5.74) is 1.24. The van der Waals surface area contributed by atoms with Crippen molar-refractivity contribution >= 4 is 35.8 Å². The van der Waals surface area contributed by atoms with Gasteiger partial charge in [0.25, 0.3) is 0 Å². The Morgan fingerprint density at radius 3 is 2.54 bits per heavy atom. The van der Waals surface area contributed by atoms with Gasteiger partial charge in [0.05, 0.1) is 6.61 Å². The number of hydrogen-bond acceptors (Lipinski definition) is 3. The molecular weight excluding hydrogens is 467 g/mol. The van der Waals surface area contributed by atoms with E-state index in [1.807, 2.05) is 12.1 Å². The van der Waals surface area contributed by atoms with Gasteiger partial charge in [0.1, 0.15) is 5.75 Å². The number of benzene rings is 1. The summed E-state index contributed by atoms with van der Waals surface area (Å²) in [5.74, 6) is 2.51. The number of hydrogen-bond donors (Lipinski definition) is 2. The molecule has 2 N–H and O–H groups in total. The van der Waals surface area contributed by atoms with E-state index in [4.69, 9.17) is 9.73 Å². The molecule has 7 heteroatoms. The number of aliphatic imine (C=N–C) groups is 1. The van der Waals surface area contributed by atoms with Gasteiger partial charge in [-0.3, -0.25) is 9.79 Å². The van der Waals surface area contributed by atoms with Crippen LogP contribution in [0.5, 0.6) is 5.75 Å². The van der Waals surface area contributed by atoms with Gasteiger partial charge < -0.3 is 20.3 Å². The number of carbonyl (C=O) groups excluding carboxylic acids is 1. The highest BCUT2D eigenvalue weighted by molar-refractivity contribution is 14.0. The first-order valence-electron chi connectivity index (χ1n) is 10.1. The molecule has 0 radical (unpaired) electrons. The molecule has 1 aliphatic heterocycles. The summed E-state index contributed by atoms with van der Waals surface area (Å²) >= 11 is 0. The predicted molar refractivity (Wildman–Crippen MR) is 126 cm³/mol. The Kier molecular flexibility index (Phi) is 11.9. The highest BCUT2D eigenvalue weighted by atomic mass is 127. The fourth-order valence-electron chi connectivity index (χ4n) is 3.21. The summed E-state index contributed by atoms with van der Waals surface area (Å²) in [4.78, 5) is 18.6. The third-order valence-electron chi connectivity index (χ3n) is 4.86. The van der Waals surface area contributed by atoms with Crippen molar-refractivity contribution in [2.75, 3.05) is 39.8 Å². The number of amides is 1. The van der Waals surface area contributed by atoms with Gasteiger partial charge in [0.15, 0.2) is 5.96 Å². The van der Waals surface area contributed by atoms with Crippen molar-refractivity contribution < 1.29 is 9.53 Å². The number of nitrogens with zero attached hydrogens (tertiary/aromatic N) is 2. The maximum atomic E-state index is 11.5. The molecule has 1 saturated heterocycles. The number of aryl methyl sites for hydroxylation is 1. The average Bonchev–Trinajstić information content (AvgIpc) is 2.69. The van der Waals surface area contributed by atoms with Gasteiger partial charge in [0, 0.05) is 46.1 Å². The summed E-state index contributed by atoms with van der Waals surface area (Å²) in [6, 6.07) is 8.13. The lowest BCUT2D eigenvalue weighted by atomic mass is 9.93. The number of halogens is 1. The van der Waals surface area contributed by atoms with Crippen LogP contribution in [0, 0.1) is 12.8 Å². The predicted octanol–water partition coefficient (Wildman–Crippen LogP) is 3.20. The maximum absolute atomic E-state index is 11.5. The first kappa shape index (κ1) is 24.5. The second-order valence-electron chi connectivity index (χ2n) is 7.06. The molecule has 1 aromatic carbocycles. The molecular formula is C21H35IN4O2. The first-order valence-corrected chi connectivity index (χ1v) is 10.1. The molecule has 0 atom stereocenters. The third-order valence-corrected chi connectivity index (χ3v) is 4.86. The molecule has 0 aliphatic carbocycles. The van der Waals surface area contributed by atoms with Crippen molar-refractivity contribution in [2.24, 2.45) is 10.9 Å². The fraction of sp³-hybridized carbons (Fsp3) is 0.619. The Balaban J connectivity index is 0.00000392. The van der Waals surface area contributed by atoms with Crippen LogP contribution in [0.15, 0.2) is 29.3 Å². The average molecular weight is 502 g/mol. The lowest BCUT2D eigenvalue weighted by molar-refractivity contribution is -0.121. The lowest BCUT2D eigenvalue weighted by Gasteiger charge is -2.34. The molecule has 0 spiro atoms. The van der Waals surface area contributed by atoms with E-state index in [1.165, 1.54) is 5.56 Å². The fourth-order valence-corrected chi connectivity index (χ4v) is 3.21. The Morgan fingerprint density at radius 1 is 1.25 bits per heavy atom. The SMILES string of the molecule is CCNC(=NCCCOc1ccc(C)cc1)N1CCC(CC(=O)NC)CC1.I. The minimum atomic E-state index is 0. The zero-order valence-corrected chi connectivity index (χ0v) is 19.7. The molecule has 28 heavy (non-hydrogen) atoms. The summed E-state index contributed by atoms with van der Waals surface area (Å²) in [6.45, 7) is 8.33. The van der Waals surface area contributed by atoms with Crippen LogP contribution < -0.4 is 15.4 Å². The molecule has 1 fully saturated rings. The number of piperidine rings is 1. The number of nitrogens with one attached hydrogen (secondary N) is 2. The van der Waals surface area contributed by atoms with Crippen LogP contribution >= 0.6 is 24.0 Å². The van der Waals surface area contributed by atoms with E-state index in [9.17, 15) is 4.79 Å². The van der Waals surface area contributed by atoms with Gasteiger partial charge in [-0.2, -0.15) is 0 Å². The summed E-state index contributed by atoms with van der Waals surface area (Å²) in [6.07, 6.45) is 3.59. The van der Waals surface area contributed by atoms with E-state index in [-0.39, 0.29) is 29.9 Å². The molecule has 158 valence electrons. The smallest absolute Gasteiger partial charge is 0.220 e. The van der Waals surface area contributed by atoms with E-state index in [2.05, 4.69) is 41.5 Å². The van der Waals surface area contributed by atoms with Crippen molar-refractivity contribution in [3.63, 3.8) is 0 Å². The largest absolute Gasteiger partial charge is 0.494 e. The van der Waals surface area contributed by atoms with Gasteiger partial charge in [-0.1, -0.05) is 17.7 Å². The minimum absolute atomic E-state index is 0. The van der Waals surface area contributed by atoms with Crippen LogP contribution in [0.2, 0.25) is 0 Å². The number of ether oxygens (including phenoxy) is 1. The Labute approximate surface area is 186 Å². The molecule has 0 unspecified atom stereocenters. The van der Waals surface area contributed by atoms with E-state index in [0.717, 1.165) is 57.2 Å². The number of rotatable bonds is 8. The summed E-state index contributed by atoms with van der Waals surface area (Å²) in [5, 5.41) is 6.11. The molecule has 6 nitrogen and oxygen atoms in total. The monoisotopic (exact) mass is 502 g/mol. The van der Waals surface area contributed by atoms with Crippen LogP contribution in [0.25, 0.3) is 0 Å². The van der Waals surface area contributed by atoms with Gasteiger partial charge in [-0.25, -0.2) is 0 Å². The van der Waals surface area contributed by atoms with Crippen molar-refractivity contribution in [2.45, 2.75) is 39.5 Å². The zero-order chi connectivity index (χ0) is 19.5. The van der Waals surface area contributed by atoms with Crippen molar-refractivity contribution in [1.29, 1.82) is 0 Å². The van der Waals surface area contributed by atoms with Gasteiger partial charge >= 0.3 is 0 Å². The quantitative estimate of drug-likeness (QED) is 0.248. The highest BCUT2D eigenvalue weighted by Gasteiger charge is 2.22. The van der Waals surface area contributed by atoms with Crippen LogP contribution in [0.1, 0.15) is 38.2 Å². The highest BCUT2D eigenvalue weighted by Crippen LogP contribution is 2.20. The second kappa shape index (κ2) is 13.6. The Morgan fingerprint density at radius 2 is 1.93 bits per heavy atom. The second-order valence-corrected chi connectivity index (χ2v) is 7.06. The van der Waals surface area contributed by atoms with Gasteiger partial charge in [-0.15, -0.1) is 24.0 Å². The van der Waals surface area contributed by atoms with Crippen LogP contribution in [-0.4, -0.2) is 56.6 Å². The molecule has 0 bridgehead atoms. The van der Waals surface area contributed by atoms with Crippen LogP contribution in [0.4, 0.5) is 0 Å². The lowest BCUT2D eigenvalue weighted by Crippen LogP contribution is -2.46. The van der Waals surface area contributed by atoms with Gasteiger partial charge in [0.2, 0.25) is 5.91 Å². The topological polar surface area (TPSA) is 66.0 Å². The van der Waals surface area contributed by atoms with E-state index in [1.54, 1.807) is 7.05 Å². The molecule has 1 aromatic rings. The normalized spacial score (nSPS) is 15.0. The minimum Gasteiger partial charge on any atom is -0.494 e.